The van der Waals surface area contributed by atoms with Gasteiger partial charge in [-0.2, -0.15) is 18.3 Å². The molecule has 0 aliphatic rings. The van der Waals surface area contributed by atoms with Crippen molar-refractivity contribution in [3.05, 3.63) is 59.9 Å². The van der Waals surface area contributed by atoms with Gasteiger partial charge in [0.25, 0.3) is 5.91 Å². The van der Waals surface area contributed by atoms with Gasteiger partial charge in [-0.3, -0.25) is 9.69 Å². The van der Waals surface area contributed by atoms with E-state index in [1.807, 2.05) is 0 Å². The number of rotatable bonds is 6. The highest BCUT2D eigenvalue weighted by atomic mass is 32.2. The molecule has 0 unspecified atom stereocenters. The predicted octanol–water partition coefficient (Wildman–Crippen LogP) is 3.64. The summed E-state index contributed by atoms with van der Waals surface area (Å²) in [6.07, 6.45) is -1.19. The molecule has 1 aromatic carbocycles. The van der Waals surface area contributed by atoms with Gasteiger partial charge in [0.1, 0.15) is 0 Å². The summed E-state index contributed by atoms with van der Waals surface area (Å²) in [7, 11) is -2.72. The van der Waals surface area contributed by atoms with Crippen LogP contribution in [0.25, 0.3) is 11.1 Å². The minimum absolute atomic E-state index is 0.0229. The number of benzene rings is 1. The molecule has 0 atom stereocenters. The number of pyridine rings is 1. The van der Waals surface area contributed by atoms with E-state index in [9.17, 15) is 26.4 Å². The summed E-state index contributed by atoms with van der Waals surface area (Å²) < 4.78 is 69.5. The summed E-state index contributed by atoms with van der Waals surface area (Å²) in [6, 6.07) is 6.87. The molecule has 0 fully saturated rings. The van der Waals surface area contributed by atoms with Gasteiger partial charge in [0.15, 0.2) is 15.7 Å². The summed E-state index contributed by atoms with van der Waals surface area (Å²) >= 11 is 0. The van der Waals surface area contributed by atoms with Crippen LogP contribution >= 0.6 is 0 Å². The average Bonchev–Trinajstić information content (AvgIpc) is 2.77. The zero-order valence-electron chi connectivity index (χ0n) is 17.8. The second-order valence-corrected chi connectivity index (χ2v) is 8.95. The Kier molecular flexibility index (Phi) is 6.68. The van der Waals surface area contributed by atoms with Crippen LogP contribution in [0.15, 0.2) is 53.7 Å². The van der Waals surface area contributed by atoms with Crippen LogP contribution in [0.3, 0.4) is 0 Å². The first-order valence-corrected chi connectivity index (χ1v) is 11.4. The minimum Gasteiger partial charge on any atom is -0.478 e. The summed E-state index contributed by atoms with van der Waals surface area (Å²) in [5, 5.41) is 7.75. The van der Waals surface area contributed by atoms with Crippen LogP contribution in [0.2, 0.25) is 0 Å². The molecule has 12 heteroatoms. The molecule has 2 heterocycles. The molecule has 0 bridgehead atoms. The maximum atomic E-state index is 13.4. The van der Waals surface area contributed by atoms with Gasteiger partial charge < -0.3 is 4.74 Å². The van der Waals surface area contributed by atoms with Gasteiger partial charge in [-0.05, 0) is 43.3 Å². The third kappa shape index (κ3) is 5.28. The zero-order chi connectivity index (χ0) is 24.4. The molecule has 2 aromatic heterocycles. The molecule has 0 aliphatic carbocycles. The lowest BCUT2D eigenvalue weighted by molar-refractivity contribution is -0.137. The standard InChI is InChI=1S/C21H19F3N4O4S/c1-4-32-19-17(6-5-8-25-19)16-7-9-26-27-18(16)28(2)20(29)13-10-14(21(22,23)24)12-15(11-13)33(3,30)31/h5-12H,4H2,1-3H3. The normalized spacial score (nSPS) is 11.8. The van der Waals surface area contributed by atoms with E-state index in [2.05, 4.69) is 15.2 Å². The molecule has 1 amide bonds. The fourth-order valence-electron chi connectivity index (χ4n) is 3.02. The molecule has 174 valence electrons. The van der Waals surface area contributed by atoms with E-state index in [1.165, 1.54) is 19.4 Å². The van der Waals surface area contributed by atoms with Crippen molar-refractivity contribution in [2.24, 2.45) is 0 Å². The Labute approximate surface area is 188 Å². The van der Waals surface area contributed by atoms with Gasteiger partial charge in [-0.25, -0.2) is 13.4 Å². The van der Waals surface area contributed by atoms with Gasteiger partial charge in [0.05, 0.1) is 23.3 Å². The highest BCUT2D eigenvalue weighted by molar-refractivity contribution is 7.90. The Hall–Kier alpha value is -3.54. The first kappa shape index (κ1) is 24.1. The monoisotopic (exact) mass is 480 g/mol. The SMILES string of the molecule is CCOc1ncccc1-c1ccnnc1N(C)C(=O)c1cc(C(F)(F)F)cc(S(C)(=O)=O)c1. The van der Waals surface area contributed by atoms with Gasteiger partial charge in [-0.15, -0.1) is 5.10 Å². The first-order valence-electron chi connectivity index (χ1n) is 9.53. The minimum atomic E-state index is -4.85. The van der Waals surface area contributed by atoms with Crippen molar-refractivity contribution in [1.82, 2.24) is 15.2 Å². The number of aromatic nitrogens is 3. The number of amides is 1. The van der Waals surface area contributed by atoms with E-state index in [-0.39, 0.29) is 11.7 Å². The van der Waals surface area contributed by atoms with Crippen molar-refractivity contribution < 1.29 is 31.1 Å². The number of carbonyl (C=O) groups is 1. The lowest BCUT2D eigenvalue weighted by Gasteiger charge is -2.20. The van der Waals surface area contributed by atoms with Gasteiger partial charge >= 0.3 is 6.18 Å². The number of nitrogens with zero attached hydrogens (tertiary/aromatic N) is 4. The van der Waals surface area contributed by atoms with Crippen molar-refractivity contribution in [1.29, 1.82) is 0 Å². The Balaban J connectivity index is 2.12. The molecule has 0 spiro atoms. The Morgan fingerprint density at radius 3 is 2.48 bits per heavy atom. The van der Waals surface area contributed by atoms with Crippen molar-refractivity contribution in [3.8, 4) is 17.0 Å². The Bertz CT molecular complexity index is 1300. The first-order chi connectivity index (χ1) is 15.4. The predicted molar refractivity (Wildman–Crippen MR) is 114 cm³/mol. The number of hydrogen-bond donors (Lipinski definition) is 0. The summed E-state index contributed by atoms with van der Waals surface area (Å²) in [5.41, 5.74) is -0.842. The molecular weight excluding hydrogens is 461 g/mol. The average molecular weight is 480 g/mol. The zero-order valence-corrected chi connectivity index (χ0v) is 18.6. The van der Waals surface area contributed by atoms with E-state index >= 15 is 0 Å². The molecule has 33 heavy (non-hydrogen) atoms. The molecular formula is C21H19F3N4O4S. The number of ether oxygens (including phenoxy) is 1. The largest absolute Gasteiger partial charge is 0.478 e. The topological polar surface area (TPSA) is 102 Å². The van der Waals surface area contributed by atoms with Crippen molar-refractivity contribution in [2.75, 3.05) is 24.8 Å². The van der Waals surface area contributed by atoms with Crippen molar-refractivity contribution in [3.63, 3.8) is 0 Å². The quantitative estimate of drug-likeness (QED) is 0.531. The van der Waals surface area contributed by atoms with Gasteiger partial charge in [0, 0.05) is 36.2 Å². The summed E-state index contributed by atoms with van der Waals surface area (Å²) in [5.74, 6) is -0.613. The Morgan fingerprint density at radius 1 is 1.12 bits per heavy atom. The number of anilines is 1. The fourth-order valence-corrected chi connectivity index (χ4v) is 3.70. The lowest BCUT2D eigenvalue weighted by Crippen LogP contribution is -2.28. The number of carbonyl (C=O) groups excluding carboxylic acids is 1. The molecule has 0 N–H and O–H groups in total. The van der Waals surface area contributed by atoms with Crippen LogP contribution in [-0.2, 0) is 16.0 Å². The molecule has 0 aliphatic heterocycles. The van der Waals surface area contributed by atoms with Crippen LogP contribution in [0.5, 0.6) is 5.88 Å². The van der Waals surface area contributed by atoms with E-state index in [0.29, 0.717) is 29.9 Å². The fraction of sp³-hybridized carbons (Fsp3) is 0.238. The van der Waals surface area contributed by atoms with Crippen LogP contribution in [0.4, 0.5) is 19.0 Å². The number of hydrogen-bond acceptors (Lipinski definition) is 7. The number of sulfone groups is 1. The van der Waals surface area contributed by atoms with Crippen LogP contribution in [0.1, 0.15) is 22.8 Å². The highest BCUT2D eigenvalue weighted by Gasteiger charge is 2.33. The van der Waals surface area contributed by atoms with Crippen molar-refractivity contribution >= 4 is 21.6 Å². The second-order valence-electron chi connectivity index (χ2n) is 6.94. The third-order valence-corrected chi connectivity index (χ3v) is 5.67. The van der Waals surface area contributed by atoms with E-state index in [0.717, 1.165) is 17.2 Å². The number of alkyl halides is 3. The Morgan fingerprint density at radius 2 is 1.85 bits per heavy atom. The molecule has 3 aromatic rings. The summed E-state index contributed by atoms with van der Waals surface area (Å²) in [6.45, 7) is 2.10. The maximum Gasteiger partial charge on any atom is 0.416 e. The van der Waals surface area contributed by atoms with E-state index in [4.69, 9.17) is 4.74 Å². The molecule has 0 saturated heterocycles. The molecule has 3 rings (SSSR count). The lowest BCUT2D eigenvalue weighted by atomic mass is 10.1. The molecule has 0 saturated carbocycles. The summed E-state index contributed by atoms with van der Waals surface area (Å²) in [4.78, 5) is 17.7. The highest BCUT2D eigenvalue weighted by Crippen LogP contribution is 2.35. The molecule has 8 nitrogen and oxygen atoms in total. The van der Waals surface area contributed by atoms with Crippen molar-refractivity contribution in [2.45, 2.75) is 18.0 Å². The number of halogens is 3. The van der Waals surface area contributed by atoms with Gasteiger partial charge in [0.2, 0.25) is 5.88 Å². The second kappa shape index (κ2) is 9.14. The van der Waals surface area contributed by atoms with E-state index in [1.54, 1.807) is 25.1 Å². The van der Waals surface area contributed by atoms with E-state index < -0.39 is 37.9 Å². The maximum absolute atomic E-state index is 13.4. The van der Waals surface area contributed by atoms with Crippen LogP contribution < -0.4 is 9.64 Å². The third-order valence-electron chi connectivity index (χ3n) is 4.57. The molecule has 0 radical (unpaired) electrons. The van der Waals surface area contributed by atoms with Gasteiger partial charge in [-0.1, -0.05) is 0 Å². The smallest absolute Gasteiger partial charge is 0.416 e. The van der Waals surface area contributed by atoms with Crippen LogP contribution in [-0.4, -0.2) is 49.4 Å². The van der Waals surface area contributed by atoms with Crippen LogP contribution in [0, 0.1) is 0 Å².